The SMILES string of the molecule is CCN(C1CCNC1)C(C)C1(C)CC1. The molecule has 1 saturated carbocycles. The Morgan fingerprint density at radius 1 is 1.50 bits per heavy atom. The van der Waals surface area contributed by atoms with Crippen LogP contribution in [0.4, 0.5) is 0 Å². The van der Waals surface area contributed by atoms with E-state index in [0.29, 0.717) is 5.41 Å². The first-order valence-corrected chi connectivity index (χ1v) is 6.14. The molecule has 1 heterocycles. The topological polar surface area (TPSA) is 15.3 Å². The van der Waals surface area contributed by atoms with Crippen molar-refractivity contribution in [2.75, 3.05) is 19.6 Å². The van der Waals surface area contributed by atoms with Crippen LogP contribution < -0.4 is 5.32 Å². The molecule has 0 spiro atoms. The molecule has 1 aliphatic heterocycles. The fourth-order valence-corrected chi connectivity index (χ4v) is 2.79. The third-order valence-corrected chi connectivity index (χ3v) is 4.41. The van der Waals surface area contributed by atoms with Crippen molar-refractivity contribution in [2.45, 2.75) is 52.1 Å². The highest BCUT2D eigenvalue weighted by atomic mass is 15.2. The van der Waals surface area contributed by atoms with Gasteiger partial charge in [-0.05, 0) is 44.7 Å². The molecule has 2 rings (SSSR count). The molecule has 1 saturated heterocycles. The zero-order valence-corrected chi connectivity index (χ0v) is 9.84. The number of nitrogens with zero attached hydrogens (tertiary/aromatic N) is 1. The van der Waals surface area contributed by atoms with E-state index in [9.17, 15) is 0 Å². The van der Waals surface area contributed by atoms with Crippen LogP contribution in [-0.2, 0) is 0 Å². The van der Waals surface area contributed by atoms with Crippen LogP contribution in [0.5, 0.6) is 0 Å². The van der Waals surface area contributed by atoms with Crippen LogP contribution in [0.25, 0.3) is 0 Å². The smallest absolute Gasteiger partial charge is 0.0235 e. The van der Waals surface area contributed by atoms with E-state index < -0.39 is 0 Å². The summed E-state index contributed by atoms with van der Waals surface area (Å²) in [5.41, 5.74) is 0.638. The third-order valence-electron chi connectivity index (χ3n) is 4.41. The molecule has 82 valence electrons. The lowest BCUT2D eigenvalue weighted by atomic mass is 9.97. The van der Waals surface area contributed by atoms with Gasteiger partial charge in [0.2, 0.25) is 0 Å². The van der Waals surface area contributed by atoms with E-state index in [1.165, 1.54) is 38.9 Å². The average molecular weight is 196 g/mol. The van der Waals surface area contributed by atoms with Crippen LogP contribution in [0.3, 0.4) is 0 Å². The van der Waals surface area contributed by atoms with Crippen LogP contribution >= 0.6 is 0 Å². The molecule has 0 amide bonds. The lowest BCUT2D eigenvalue weighted by Gasteiger charge is -2.36. The first-order chi connectivity index (χ1) is 6.67. The van der Waals surface area contributed by atoms with Crippen LogP contribution in [0.2, 0.25) is 0 Å². The molecule has 2 aliphatic rings. The Bertz CT molecular complexity index is 192. The molecule has 2 fully saturated rings. The zero-order valence-electron chi connectivity index (χ0n) is 9.84. The van der Waals surface area contributed by atoms with Gasteiger partial charge in [-0.15, -0.1) is 0 Å². The normalized spacial score (nSPS) is 32.1. The maximum absolute atomic E-state index is 3.47. The van der Waals surface area contributed by atoms with Gasteiger partial charge in [0.15, 0.2) is 0 Å². The monoisotopic (exact) mass is 196 g/mol. The summed E-state index contributed by atoms with van der Waals surface area (Å²) in [6.45, 7) is 10.8. The van der Waals surface area contributed by atoms with Crippen molar-refractivity contribution in [3.63, 3.8) is 0 Å². The summed E-state index contributed by atoms with van der Waals surface area (Å²) in [6, 6.07) is 1.57. The standard InChI is InChI=1S/C12H24N2/c1-4-14(11-5-8-13-9-11)10(2)12(3)6-7-12/h10-11,13H,4-9H2,1-3H3. The van der Waals surface area contributed by atoms with Gasteiger partial charge in [0.1, 0.15) is 0 Å². The lowest BCUT2D eigenvalue weighted by Crippen LogP contribution is -2.46. The lowest BCUT2D eigenvalue weighted by molar-refractivity contribution is 0.113. The molecule has 14 heavy (non-hydrogen) atoms. The first kappa shape index (κ1) is 10.4. The Morgan fingerprint density at radius 2 is 2.21 bits per heavy atom. The summed E-state index contributed by atoms with van der Waals surface area (Å²) in [4.78, 5) is 2.72. The van der Waals surface area contributed by atoms with E-state index >= 15 is 0 Å². The molecule has 0 aromatic carbocycles. The van der Waals surface area contributed by atoms with Gasteiger partial charge in [0.05, 0.1) is 0 Å². The highest BCUT2D eigenvalue weighted by molar-refractivity contribution is 4.99. The van der Waals surface area contributed by atoms with Crippen LogP contribution in [0.15, 0.2) is 0 Å². The fourth-order valence-electron chi connectivity index (χ4n) is 2.79. The Morgan fingerprint density at radius 3 is 2.64 bits per heavy atom. The van der Waals surface area contributed by atoms with Gasteiger partial charge in [-0.1, -0.05) is 13.8 Å². The maximum Gasteiger partial charge on any atom is 0.0235 e. The molecule has 0 aromatic rings. The second kappa shape index (κ2) is 3.82. The molecule has 2 unspecified atom stereocenters. The maximum atomic E-state index is 3.47. The number of hydrogen-bond acceptors (Lipinski definition) is 2. The fraction of sp³-hybridized carbons (Fsp3) is 1.00. The minimum Gasteiger partial charge on any atom is -0.315 e. The number of nitrogens with one attached hydrogen (secondary N) is 1. The summed E-state index contributed by atoms with van der Waals surface area (Å²) in [5.74, 6) is 0. The van der Waals surface area contributed by atoms with Crippen LogP contribution in [0, 0.1) is 5.41 Å². The van der Waals surface area contributed by atoms with Gasteiger partial charge < -0.3 is 5.32 Å². The predicted octanol–water partition coefficient (Wildman–Crippen LogP) is 1.86. The van der Waals surface area contributed by atoms with Gasteiger partial charge in [0.25, 0.3) is 0 Å². The summed E-state index contributed by atoms with van der Waals surface area (Å²) >= 11 is 0. The van der Waals surface area contributed by atoms with E-state index in [4.69, 9.17) is 0 Å². The van der Waals surface area contributed by atoms with E-state index in [0.717, 1.165) is 12.1 Å². The van der Waals surface area contributed by atoms with Crippen molar-refractivity contribution in [3.8, 4) is 0 Å². The molecular formula is C12H24N2. The van der Waals surface area contributed by atoms with Gasteiger partial charge in [-0.2, -0.15) is 0 Å². The van der Waals surface area contributed by atoms with E-state index in [1.54, 1.807) is 0 Å². The van der Waals surface area contributed by atoms with Crippen LogP contribution in [-0.4, -0.2) is 36.6 Å². The molecule has 0 radical (unpaired) electrons. The minimum atomic E-state index is 0.638. The highest BCUT2D eigenvalue weighted by Crippen LogP contribution is 2.50. The largest absolute Gasteiger partial charge is 0.315 e. The van der Waals surface area contributed by atoms with Crippen molar-refractivity contribution in [1.29, 1.82) is 0 Å². The van der Waals surface area contributed by atoms with Gasteiger partial charge >= 0.3 is 0 Å². The van der Waals surface area contributed by atoms with E-state index in [2.05, 4.69) is 31.0 Å². The summed E-state index contributed by atoms with van der Waals surface area (Å²) in [5, 5.41) is 3.47. The molecule has 2 nitrogen and oxygen atoms in total. The Balaban J connectivity index is 1.97. The van der Waals surface area contributed by atoms with Crippen LogP contribution in [0.1, 0.15) is 40.0 Å². The highest BCUT2D eigenvalue weighted by Gasteiger charge is 2.45. The Kier molecular flexibility index (Phi) is 2.85. The molecule has 2 atom stereocenters. The van der Waals surface area contributed by atoms with E-state index in [-0.39, 0.29) is 0 Å². The predicted molar refractivity (Wildman–Crippen MR) is 60.5 cm³/mol. The molecule has 0 bridgehead atoms. The number of hydrogen-bond donors (Lipinski definition) is 1. The van der Waals surface area contributed by atoms with E-state index in [1.807, 2.05) is 0 Å². The van der Waals surface area contributed by atoms with Crippen molar-refractivity contribution < 1.29 is 0 Å². The van der Waals surface area contributed by atoms with Gasteiger partial charge in [0, 0.05) is 18.6 Å². The van der Waals surface area contributed by atoms with Crippen molar-refractivity contribution in [2.24, 2.45) is 5.41 Å². The van der Waals surface area contributed by atoms with Crippen molar-refractivity contribution >= 4 is 0 Å². The zero-order chi connectivity index (χ0) is 10.2. The number of rotatable bonds is 4. The molecule has 1 N–H and O–H groups in total. The molecule has 2 heteroatoms. The summed E-state index contributed by atoms with van der Waals surface area (Å²) in [6.07, 6.45) is 4.21. The second-order valence-corrected chi connectivity index (χ2v) is 5.31. The number of likely N-dealkylation sites (N-methyl/N-ethyl adjacent to an activating group) is 1. The first-order valence-electron chi connectivity index (χ1n) is 6.14. The van der Waals surface area contributed by atoms with Crippen molar-refractivity contribution in [1.82, 2.24) is 10.2 Å². The summed E-state index contributed by atoms with van der Waals surface area (Å²) in [7, 11) is 0. The average Bonchev–Trinajstić information content (AvgIpc) is 2.73. The summed E-state index contributed by atoms with van der Waals surface area (Å²) < 4.78 is 0. The Hall–Kier alpha value is -0.0800. The second-order valence-electron chi connectivity index (χ2n) is 5.31. The van der Waals surface area contributed by atoms with Gasteiger partial charge in [-0.25, -0.2) is 0 Å². The quantitative estimate of drug-likeness (QED) is 0.738. The van der Waals surface area contributed by atoms with Gasteiger partial charge in [-0.3, -0.25) is 4.90 Å². The molecular weight excluding hydrogens is 172 g/mol. The van der Waals surface area contributed by atoms with Crippen molar-refractivity contribution in [3.05, 3.63) is 0 Å². The molecule has 1 aliphatic carbocycles. The Labute approximate surface area is 88.1 Å². The third kappa shape index (κ3) is 1.82. The molecule has 0 aromatic heterocycles. The minimum absolute atomic E-state index is 0.638.